The monoisotopic (exact) mass is 501 g/mol. The molecule has 1 amide bonds. The Morgan fingerprint density at radius 2 is 1.96 bits per heavy atom. The van der Waals surface area contributed by atoms with E-state index in [2.05, 4.69) is 39.9 Å². The standard InChI is InChI=1S/C19H27N5O3.HI/c1-13(2)17-11-16(27-24-17)12-23-19(20-3)22-9-8-21-18(25)14-6-5-7-15(10-14)26-4;/h5-7,10-11,13H,8-9,12H2,1-4H3,(H,21,25)(H2,20,22,23);1H. The molecule has 2 aromatic rings. The maximum absolute atomic E-state index is 12.1. The zero-order valence-corrected chi connectivity index (χ0v) is 18.9. The first-order valence-electron chi connectivity index (χ1n) is 8.85. The van der Waals surface area contributed by atoms with E-state index < -0.39 is 0 Å². The molecule has 28 heavy (non-hydrogen) atoms. The smallest absolute Gasteiger partial charge is 0.251 e. The first kappa shape index (κ1) is 23.7. The largest absolute Gasteiger partial charge is 0.497 e. The molecule has 0 bridgehead atoms. The van der Waals surface area contributed by atoms with Gasteiger partial charge in [-0.1, -0.05) is 25.1 Å². The van der Waals surface area contributed by atoms with Crippen LogP contribution in [0, 0.1) is 0 Å². The number of nitrogens with one attached hydrogen (secondary N) is 3. The summed E-state index contributed by atoms with van der Waals surface area (Å²) in [5.41, 5.74) is 1.48. The van der Waals surface area contributed by atoms with E-state index in [1.165, 1.54) is 0 Å². The summed E-state index contributed by atoms with van der Waals surface area (Å²) < 4.78 is 10.4. The van der Waals surface area contributed by atoms with Gasteiger partial charge in [-0.2, -0.15) is 0 Å². The quantitative estimate of drug-likeness (QED) is 0.223. The number of amides is 1. The minimum absolute atomic E-state index is 0. The van der Waals surface area contributed by atoms with E-state index in [1.807, 2.05) is 6.07 Å². The van der Waals surface area contributed by atoms with Crippen molar-refractivity contribution in [3.05, 3.63) is 47.3 Å². The van der Waals surface area contributed by atoms with Crippen LogP contribution in [0.2, 0.25) is 0 Å². The zero-order chi connectivity index (χ0) is 19.6. The van der Waals surface area contributed by atoms with E-state index in [1.54, 1.807) is 38.4 Å². The van der Waals surface area contributed by atoms with Crippen LogP contribution < -0.4 is 20.7 Å². The lowest BCUT2D eigenvalue weighted by Gasteiger charge is -2.11. The van der Waals surface area contributed by atoms with Crippen molar-refractivity contribution in [1.82, 2.24) is 21.1 Å². The molecule has 9 heteroatoms. The lowest BCUT2D eigenvalue weighted by Crippen LogP contribution is -2.41. The number of aromatic nitrogens is 1. The van der Waals surface area contributed by atoms with E-state index in [0.29, 0.717) is 42.8 Å². The van der Waals surface area contributed by atoms with Gasteiger partial charge in [-0.3, -0.25) is 9.79 Å². The predicted molar refractivity (Wildman–Crippen MR) is 120 cm³/mol. The first-order valence-corrected chi connectivity index (χ1v) is 8.85. The normalized spacial score (nSPS) is 11.0. The average Bonchev–Trinajstić information content (AvgIpc) is 3.16. The van der Waals surface area contributed by atoms with Gasteiger partial charge in [0, 0.05) is 31.8 Å². The number of guanidine groups is 1. The van der Waals surface area contributed by atoms with Gasteiger partial charge >= 0.3 is 0 Å². The Morgan fingerprint density at radius 1 is 1.21 bits per heavy atom. The lowest BCUT2D eigenvalue weighted by atomic mass is 10.1. The Kier molecular flexibility index (Phi) is 10.4. The number of carbonyl (C=O) groups is 1. The van der Waals surface area contributed by atoms with Crippen LogP contribution >= 0.6 is 24.0 Å². The molecule has 1 aromatic heterocycles. The molecule has 8 nitrogen and oxygen atoms in total. The molecule has 2 rings (SSSR count). The molecule has 0 radical (unpaired) electrons. The second-order valence-electron chi connectivity index (χ2n) is 6.21. The minimum Gasteiger partial charge on any atom is -0.497 e. The fourth-order valence-corrected chi connectivity index (χ4v) is 2.30. The molecule has 0 saturated carbocycles. The highest BCUT2D eigenvalue weighted by atomic mass is 127. The number of hydrogen-bond donors (Lipinski definition) is 3. The van der Waals surface area contributed by atoms with Crippen molar-refractivity contribution in [1.29, 1.82) is 0 Å². The number of halogens is 1. The zero-order valence-electron chi connectivity index (χ0n) is 16.6. The molecule has 0 atom stereocenters. The highest BCUT2D eigenvalue weighted by molar-refractivity contribution is 14.0. The topological polar surface area (TPSA) is 101 Å². The molecule has 1 aromatic carbocycles. The number of methoxy groups -OCH3 is 1. The third kappa shape index (κ3) is 7.37. The van der Waals surface area contributed by atoms with Crippen LogP contribution in [-0.2, 0) is 6.54 Å². The first-order chi connectivity index (χ1) is 13.0. The summed E-state index contributed by atoms with van der Waals surface area (Å²) in [5.74, 6) is 2.19. The molecule has 0 aliphatic heterocycles. The second-order valence-corrected chi connectivity index (χ2v) is 6.21. The van der Waals surface area contributed by atoms with Crippen LogP contribution in [0.1, 0.15) is 41.6 Å². The fourth-order valence-electron chi connectivity index (χ4n) is 2.30. The van der Waals surface area contributed by atoms with Gasteiger partial charge in [0.1, 0.15) is 5.75 Å². The van der Waals surface area contributed by atoms with E-state index in [0.717, 1.165) is 11.5 Å². The molecule has 154 valence electrons. The summed E-state index contributed by atoms with van der Waals surface area (Å²) in [6.45, 7) is 5.60. The van der Waals surface area contributed by atoms with Gasteiger partial charge in [0.25, 0.3) is 5.91 Å². The summed E-state index contributed by atoms with van der Waals surface area (Å²) in [6.07, 6.45) is 0. The average molecular weight is 501 g/mol. The number of hydrogen-bond acceptors (Lipinski definition) is 5. The van der Waals surface area contributed by atoms with Gasteiger partial charge in [0.15, 0.2) is 11.7 Å². The van der Waals surface area contributed by atoms with Crippen molar-refractivity contribution in [3.63, 3.8) is 0 Å². The van der Waals surface area contributed by atoms with Gasteiger partial charge < -0.3 is 25.2 Å². The summed E-state index contributed by atoms with van der Waals surface area (Å²) in [6, 6.07) is 8.96. The number of aliphatic imine (C=N–C) groups is 1. The minimum atomic E-state index is -0.151. The van der Waals surface area contributed by atoms with Gasteiger partial charge in [0.2, 0.25) is 0 Å². The van der Waals surface area contributed by atoms with Crippen LogP contribution in [0.15, 0.2) is 39.8 Å². The Morgan fingerprint density at radius 3 is 2.61 bits per heavy atom. The second kappa shape index (κ2) is 12.2. The van der Waals surface area contributed by atoms with Crippen molar-refractivity contribution in [3.8, 4) is 5.75 Å². The summed E-state index contributed by atoms with van der Waals surface area (Å²) in [5, 5.41) is 13.2. The Bertz CT molecular complexity index is 776. The molecule has 1 heterocycles. The molecule has 0 unspecified atom stereocenters. The summed E-state index contributed by atoms with van der Waals surface area (Å²) in [7, 11) is 3.26. The van der Waals surface area contributed by atoms with Crippen LogP contribution in [0.5, 0.6) is 5.75 Å². The van der Waals surface area contributed by atoms with Crippen molar-refractivity contribution in [2.24, 2.45) is 4.99 Å². The van der Waals surface area contributed by atoms with E-state index >= 15 is 0 Å². The van der Waals surface area contributed by atoms with Crippen molar-refractivity contribution in [2.75, 3.05) is 27.2 Å². The van der Waals surface area contributed by atoms with Gasteiger partial charge in [0.05, 0.1) is 19.3 Å². The Balaban J connectivity index is 0.00000392. The number of nitrogens with zero attached hydrogens (tertiary/aromatic N) is 2. The van der Waals surface area contributed by atoms with Crippen molar-refractivity contribution >= 4 is 35.8 Å². The third-order valence-corrected chi connectivity index (χ3v) is 3.86. The highest BCUT2D eigenvalue weighted by Crippen LogP contribution is 2.14. The molecule has 0 aliphatic carbocycles. The van der Waals surface area contributed by atoms with Crippen LogP contribution in [0.25, 0.3) is 0 Å². The van der Waals surface area contributed by atoms with E-state index in [9.17, 15) is 4.79 Å². The molecule has 0 saturated heterocycles. The molecule has 0 aliphatic rings. The number of benzene rings is 1. The Labute approximate surface area is 182 Å². The fraction of sp³-hybridized carbons (Fsp3) is 0.421. The summed E-state index contributed by atoms with van der Waals surface area (Å²) >= 11 is 0. The summed E-state index contributed by atoms with van der Waals surface area (Å²) in [4.78, 5) is 16.3. The molecule has 3 N–H and O–H groups in total. The van der Waals surface area contributed by atoms with Crippen LogP contribution in [-0.4, -0.2) is 44.3 Å². The number of ether oxygens (including phenoxy) is 1. The van der Waals surface area contributed by atoms with E-state index in [-0.39, 0.29) is 29.9 Å². The van der Waals surface area contributed by atoms with Crippen LogP contribution in [0.4, 0.5) is 0 Å². The molecule has 0 fully saturated rings. The Hall–Kier alpha value is -2.30. The number of rotatable bonds is 8. The lowest BCUT2D eigenvalue weighted by molar-refractivity contribution is 0.0954. The van der Waals surface area contributed by atoms with Crippen LogP contribution in [0.3, 0.4) is 0 Å². The van der Waals surface area contributed by atoms with Gasteiger partial charge in [-0.05, 0) is 24.1 Å². The van der Waals surface area contributed by atoms with E-state index in [4.69, 9.17) is 9.26 Å². The highest BCUT2D eigenvalue weighted by Gasteiger charge is 2.09. The van der Waals surface area contributed by atoms with Crippen molar-refractivity contribution < 1.29 is 14.1 Å². The van der Waals surface area contributed by atoms with Gasteiger partial charge in [-0.25, -0.2) is 0 Å². The maximum Gasteiger partial charge on any atom is 0.251 e. The molecule has 0 spiro atoms. The maximum atomic E-state index is 12.1. The van der Waals surface area contributed by atoms with Crippen molar-refractivity contribution in [2.45, 2.75) is 26.3 Å². The molecular weight excluding hydrogens is 473 g/mol. The molecular formula is C19H28IN5O3. The number of carbonyl (C=O) groups excluding carboxylic acids is 1. The SMILES string of the molecule is CN=C(NCCNC(=O)c1cccc(OC)c1)NCc1cc(C(C)C)no1.I. The third-order valence-electron chi connectivity index (χ3n) is 3.86. The predicted octanol–water partition coefficient (Wildman–Crippen LogP) is 2.52. The van der Waals surface area contributed by atoms with Gasteiger partial charge in [-0.15, -0.1) is 24.0 Å².